The van der Waals surface area contributed by atoms with Gasteiger partial charge in [-0.15, -0.1) is 0 Å². The zero-order chi connectivity index (χ0) is 12.4. The summed E-state index contributed by atoms with van der Waals surface area (Å²) in [5, 5.41) is 3.10. The molecule has 0 aliphatic carbocycles. The fourth-order valence-corrected chi connectivity index (χ4v) is 2.16. The van der Waals surface area contributed by atoms with Crippen LogP contribution in [0, 0.1) is 6.92 Å². The van der Waals surface area contributed by atoms with Crippen LogP contribution in [0.2, 0.25) is 0 Å². The predicted octanol–water partition coefficient (Wildman–Crippen LogP) is 3.41. The summed E-state index contributed by atoms with van der Waals surface area (Å²) in [6.07, 6.45) is 2.52. The molecule has 1 N–H and O–H groups in total. The molecule has 90 valence electrons. The van der Waals surface area contributed by atoms with Gasteiger partial charge in [-0.3, -0.25) is 0 Å². The number of nitrogens with zero attached hydrogens (tertiary/aromatic N) is 2. The first kappa shape index (κ1) is 12.1. The Morgan fingerprint density at radius 1 is 1.41 bits per heavy atom. The van der Waals surface area contributed by atoms with Crippen LogP contribution < -0.4 is 5.32 Å². The fourth-order valence-electron chi connectivity index (χ4n) is 1.78. The van der Waals surface area contributed by atoms with Crippen LogP contribution in [0.15, 0.2) is 21.2 Å². The number of furan rings is 1. The summed E-state index contributed by atoms with van der Waals surface area (Å²) >= 11 is 3.42. The molecule has 0 saturated heterocycles. The van der Waals surface area contributed by atoms with Crippen molar-refractivity contribution in [3.8, 4) is 11.6 Å². The van der Waals surface area contributed by atoms with E-state index in [1.54, 1.807) is 6.26 Å². The lowest BCUT2D eigenvalue weighted by molar-refractivity contribution is 0.575. The summed E-state index contributed by atoms with van der Waals surface area (Å²) in [6.45, 7) is 4.08. The van der Waals surface area contributed by atoms with Crippen molar-refractivity contribution >= 4 is 21.7 Å². The Morgan fingerprint density at radius 3 is 2.71 bits per heavy atom. The number of hydrogen-bond acceptors (Lipinski definition) is 4. The van der Waals surface area contributed by atoms with Gasteiger partial charge in [0, 0.05) is 18.3 Å². The zero-order valence-corrected chi connectivity index (χ0v) is 11.6. The molecule has 0 aliphatic heterocycles. The second kappa shape index (κ2) is 4.87. The molecule has 2 rings (SSSR count). The highest BCUT2D eigenvalue weighted by atomic mass is 79.9. The molecule has 0 aliphatic rings. The van der Waals surface area contributed by atoms with Gasteiger partial charge in [-0.1, -0.05) is 6.92 Å². The Kier molecular flexibility index (Phi) is 3.47. The highest BCUT2D eigenvalue weighted by Gasteiger charge is 2.14. The fraction of sp³-hybridized carbons (Fsp3) is 0.333. The molecule has 0 saturated carbocycles. The summed E-state index contributed by atoms with van der Waals surface area (Å²) < 4.78 is 6.24. The van der Waals surface area contributed by atoms with E-state index in [2.05, 4.69) is 38.1 Å². The smallest absolute Gasteiger partial charge is 0.199 e. The number of aryl methyl sites for hydroxylation is 1. The number of anilines is 1. The van der Waals surface area contributed by atoms with Gasteiger partial charge >= 0.3 is 0 Å². The minimum absolute atomic E-state index is 0.598. The molecule has 5 heteroatoms. The van der Waals surface area contributed by atoms with E-state index in [9.17, 15) is 0 Å². The Labute approximate surface area is 109 Å². The first-order chi connectivity index (χ1) is 8.17. The third kappa shape index (κ3) is 2.20. The molecule has 2 aromatic rings. The quantitative estimate of drug-likeness (QED) is 0.943. The SMILES string of the molecule is CCc1c(C)nc(-c2occc2Br)nc1NC. The van der Waals surface area contributed by atoms with Gasteiger partial charge in [0.25, 0.3) is 0 Å². The maximum absolute atomic E-state index is 5.38. The first-order valence-electron chi connectivity index (χ1n) is 5.46. The lowest BCUT2D eigenvalue weighted by Crippen LogP contribution is -2.04. The normalized spacial score (nSPS) is 10.6. The molecular formula is C12H14BrN3O. The third-order valence-electron chi connectivity index (χ3n) is 2.62. The van der Waals surface area contributed by atoms with Gasteiger partial charge in [-0.25, -0.2) is 9.97 Å². The van der Waals surface area contributed by atoms with Gasteiger partial charge in [0.2, 0.25) is 0 Å². The Hall–Kier alpha value is -1.36. The van der Waals surface area contributed by atoms with Gasteiger partial charge in [0.05, 0.1) is 10.7 Å². The van der Waals surface area contributed by atoms with Crippen LogP contribution >= 0.6 is 15.9 Å². The topological polar surface area (TPSA) is 51.0 Å². The number of nitrogens with one attached hydrogen (secondary N) is 1. The third-order valence-corrected chi connectivity index (χ3v) is 3.25. The zero-order valence-electron chi connectivity index (χ0n) is 10.0. The highest BCUT2D eigenvalue weighted by Crippen LogP contribution is 2.29. The monoisotopic (exact) mass is 295 g/mol. The molecule has 17 heavy (non-hydrogen) atoms. The van der Waals surface area contributed by atoms with Crippen LogP contribution in [0.5, 0.6) is 0 Å². The molecule has 0 fully saturated rings. The summed E-state index contributed by atoms with van der Waals surface area (Å²) in [4.78, 5) is 8.96. The molecule has 0 spiro atoms. The minimum atomic E-state index is 0.598. The lowest BCUT2D eigenvalue weighted by Gasteiger charge is -2.10. The van der Waals surface area contributed by atoms with Crippen LogP contribution in [-0.2, 0) is 6.42 Å². The number of halogens is 1. The lowest BCUT2D eigenvalue weighted by atomic mass is 10.1. The van der Waals surface area contributed by atoms with Crippen molar-refractivity contribution in [2.75, 3.05) is 12.4 Å². The Morgan fingerprint density at radius 2 is 2.18 bits per heavy atom. The standard InChI is InChI=1S/C12H14BrN3O/c1-4-8-7(2)15-12(16-11(8)14-3)10-9(13)5-6-17-10/h5-6H,4H2,1-3H3,(H,14,15,16). The van der Waals surface area contributed by atoms with Crippen molar-refractivity contribution in [2.45, 2.75) is 20.3 Å². The van der Waals surface area contributed by atoms with E-state index in [-0.39, 0.29) is 0 Å². The molecule has 4 nitrogen and oxygen atoms in total. The van der Waals surface area contributed by atoms with E-state index in [0.29, 0.717) is 11.6 Å². The van der Waals surface area contributed by atoms with E-state index in [4.69, 9.17) is 4.42 Å². The van der Waals surface area contributed by atoms with E-state index in [0.717, 1.165) is 28.0 Å². The van der Waals surface area contributed by atoms with Crippen molar-refractivity contribution in [2.24, 2.45) is 0 Å². The molecule has 0 bridgehead atoms. The van der Waals surface area contributed by atoms with Crippen molar-refractivity contribution in [3.05, 3.63) is 28.1 Å². The van der Waals surface area contributed by atoms with Gasteiger partial charge < -0.3 is 9.73 Å². The van der Waals surface area contributed by atoms with Crippen molar-refractivity contribution in [1.29, 1.82) is 0 Å². The molecular weight excluding hydrogens is 282 g/mol. The molecule has 0 radical (unpaired) electrons. The van der Waals surface area contributed by atoms with Crippen LogP contribution in [0.4, 0.5) is 5.82 Å². The number of hydrogen-bond donors (Lipinski definition) is 1. The number of rotatable bonds is 3. The van der Waals surface area contributed by atoms with Gasteiger partial charge in [0.1, 0.15) is 5.82 Å². The summed E-state index contributed by atoms with van der Waals surface area (Å²) in [7, 11) is 1.86. The van der Waals surface area contributed by atoms with Crippen molar-refractivity contribution in [1.82, 2.24) is 9.97 Å². The molecule has 2 heterocycles. The minimum Gasteiger partial charge on any atom is -0.460 e. The second-order valence-electron chi connectivity index (χ2n) is 3.66. The predicted molar refractivity (Wildman–Crippen MR) is 71.1 cm³/mol. The first-order valence-corrected chi connectivity index (χ1v) is 6.25. The van der Waals surface area contributed by atoms with Crippen LogP contribution in [0.25, 0.3) is 11.6 Å². The largest absolute Gasteiger partial charge is 0.460 e. The average Bonchev–Trinajstić information content (AvgIpc) is 2.74. The average molecular weight is 296 g/mol. The van der Waals surface area contributed by atoms with Crippen molar-refractivity contribution in [3.63, 3.8) is 0 Å². The van der Waals surface area contributed by atoms with Crippen LogP contribution in [-0.4, -0.2) is 17.0 Å². The Bertz CT molecular complexity index is 537. The molecule has 0 unspecified atom stereocenters. The van der Waals surface area contributed by atoms with Gasteiger partial charge in [-0.05, 0) is 35.3 Å². The number of aromatic nitrogens is 2. The Balaban J connectivity index is 2.58. The van der Waals surface area contributed by atoms with Crippen molar-refractivity contribution < 1.29 is 4.42 Å². The van der Waals surface area contributed by atoms with E-state index in [1.807, 2.05) is 20.0 Å². The maximum atomic E-state index is 5.38. The summed E-state index contributed by atoms with van der Waals surface area (Å²) in [5.41, 5.74) is 2.11. The van der Waals surface area contributed by atoms with E-state index in [1.165, 1.54) is 0 Å². The van der Waals surface area contributed by atoms with Gasteiger partial charge in [-0.2, -0.15) is 0 Å². The second-order valence-corrected chi connectivity index (χ2v) is 4.52. The molecule has 0 amide bonds. The van der Waals surface area contributed by atoms with E-state index < -0.39 is 0 Å². The van der Waals surface area contributed by atoms with Crippen LogP contribution in [0.1, 0.15) is 18.2 Å². The van der Waals surface area contributed by atoms with Gasteiger partial charge in [0.15, 0.2) is 11.6 Å². The maximum Gasteiger partial charge on any atom is 0.199 e. The van der Waals surface area contributed by atoms with E-state index >= 15 is 0 Å². The molecule has 0 aromatic carbocycles. The summed E-state index contributed by atoms with van der Waals surface area (Å²) in [6, 6.07) is 1.83. The van der Waals surface area contributed by atoms with Crippen LogP contribution in [0.3, 0.4) is 0 Å². The molecule has 0 atom stereocenters. The molecule has 2 aromatic heterocycles. The summed E-state index contributed by atoms with van der Waals surface area (Å²) in [5.74, 6) is 2.12. The highest BCUT2D eigenvalue weighted by molar-refractivity contribution is 9.10.